The Balaban J connectivity index is 1.97. The highest BCUT2D eigenvalue weighted by Gasteiger charge is 2.57. The summed E-state index contributed by atoms with van der Waals surface area (Å²) in [5, 5.41) is 9.77. The lowest BCUT2D eigenvalue weighted by atomic mass is 9.77. The highest BCUT2D eigenvalue weighted by atomic mass is 16.6. The standard InChI is InChI=1S/C10H16O3/c1-4-8-5(2)10-7(12-8)3-6(11)9(4)13-10/h4-11H,3H2,1-2H3/t4?,5?,6-,7?,8?,9+,10-/m1/s1. The van der Waals surface area contributed by atoms with Gasteiger partial charge in [-0.15, -0.1) is 0 Å². The molecule has 4 unspecified atom stereocenters. The molecule has 13 heavy (non-hydrogen) atoms. The van der Waals surface area contributed by atoms with Crippen LogP contribution >= 0.6 is 0 Å². The summed E-state index contributed by atoms with van der Waals surface area (Å²) in [5.74, 6) is 0.845. The minimum atomic E-state index is -0.311. The van der Waals surface area contributed by atoms with Crippen LogP contribution in [0.25, 0.3) is 0 Å². The second kappa shape index (κ2) is 2.47. The molecule has 1 N–H and O–H groups in total. The molecule has 0 radical (unpaired) electrons. The monoisotopic (exact) mass is 184 g/mol. The van der Waals surface area contributed by atoms with E-state index in [2.05, 4.69) is 13.8 Å². The van der Waals surface area contributed by atoms with Gasteiger partial charge in [0, 0.05) is 18.3 Å². The van der Waals surface area contributed by atoms with Gasteiger partial charge in [0.1, 0.15) is 0 Å². The van der Waals surface area contributed by atoms with E-state index in [1.807, 2.05) is 0 Å². The van der Waals surface area contributed by atoms with Crippen LogP contribution in [0.5, 0.6) is 0 Å². The summed E-state index contributed by atoms with van der Waals surface area (Å²) in [6.07, 6.45) is 1.18. The molecule has 0 aromatic heterocycles. The van der Waals surface area contributed by atoms with E-state index in [1.54, 1.807) is 0 Å². The van der Waals surface area contributed by atoms with Gasteiger partial charge in [-0.1, -0.05) is 13.8 Å². The van der Waals surface area contributed by atoms with Crippen LogP contribution in [0.1, 0.15) is 20.3 Å². The van der Waals surface area contributed by atoms with Crippen molar-refractivity contribution in [1.29, 1.82) is 0 Å². The summed E-state index contributed by atoms with van der Waals surface area (Å²) < 4.78 is 11.7. The Bertz CT molecular complexity index is 228. The zero-order valence-electron chi connectivity index (χ0n) is 8.01. The molecule has 7 atom stereocenters. The van der Waals surface area contributed by atoms with Crippen LogP contribution in [-0.2, 0) is 9.47 Å². The molecule has 0 aromatic carbocycles. The molecule has 0 aromatic rings. The maximum Gasteiger partial charge on any atom is 0.0893 e. The Morgan fingerprint density at radius 2 is 1.69 bits per heavy atom. The van der Waals surface area contributed by atoms with E-state index in [1.165, 1.54) is 0 Å². The van der Waals surface area contributed by atoms with Gasteiger partial charge in [0.25, 0.3) is 0 Å². The first-order valence-corrected chi connectivity index (χ1v) is 5.17. The van der Waals surface area contributed by atoms with Crippen molar-refractivity contribution in [3.8, 4) is 0 Å². The van der Waals surface area contributed by atoms with Crippen molar-refractivity contribution in [3.05, 3.63) is 0 Å². The average molecular weight is 184 g/mol. The van der Waals surface area contributed by atoms with Crippen molar-refractivity contribution in [2.45, 2.75) is 50.8 Å². The lowest BCUT2D eigenvalue weighted by molar-refractivity contribution is -0.169. The minimum Gasteiger partial charge on any atom is -0.390 e. The summed E-state index contributed by atoms with van der Waals surface area (Å²) >= 11 is 0. The Morgan fingerprint density at radius 3 is 2.46 bits per heavy atom. The Hall–Kier alpha value is -0.120. The lowest BCUT2D eigenvalue weighted by Gasteiger charge is -2.42. The molecule has 3 bridgehead atoms. The fourth-order valence-electron chi connectivity index (χ4n) is 3.24. The van der Waals surface area contributed by atoms with Crippen LogP contribution in [0.15, 0.2) is 0 Å². The molecule has 3 rings (SSSR count). The lowest BCUT2D eigenvalue weighted by Crippen LogP contribution is -2.53. The normalized spacial score (nSPS) is 64.4. The van der Waals surface area contributed by atoms with Gasteiger partial charge in [-0.05, 0) is 0 Å². The zero-order chi connectivity index (χ0) is 9.16. The van der Waals surface area contributed by atoms with Crippen LogP contribution < -0.4 is 0 Å². The van der Waals surface area contributed by atoms with E-state index in [-0.39, 0.29) is 24.4 Å². The molecule has 3 heterocycles. The maximum atomic E-state index is 9.77. The molecule has 3 nitrogen and oxygen atoms in total. The first-order chi connectivity index (χ1) is 6.18. The first kappa shape index (κ1) is 8.21. The molecule has 0 saturated carbocycles. The fraction of sp³-hybridized carbons (Fsp3) is 1.00. The van der Waals surface area contributed by atoms with Gasteiger partial charge in [-0.2, -0.15) is 0 Å². The van der Waals surface area contributed by atoms with E-state index in [9.17, 15) is 5.11 Å². The number of fused-ring (bicyclic) bond motifs is 2. The minimum absolute atomic E-state index is 0.0185. The van der Waals surface area contributed by atoms with Crippen LogP contribution in [0.3, 0.4) is 0 Å². The van der Waals surface area contributed by atoms with Crippen molar-refractivity contribution in [2.24, 2.45) is 11.8 Å². The van der Waals surface area contributed by atoms with E-state index in [0.29, 0.717) is 17.9 Å². The molecule has 3 aliphatic rings. The highest BCUT2D eigenvalue weighted by molar-refractivity contribution is 5.04. The van der Waals surface area contributed by atoms with E-state index in [4.69, 9.17) is 9.47 Å². The number of aliphatic hydroxyl groups excluding tert-OH is 1. The second-order valence-electron chi connectivity index (χ2n) is 4.73. The van der Waals surface area contributed by atoms with Crippen molar-refractivity contribution < 1.29 is 14.6 Å². The summed E-state index contributed by atoms with van der Waals surface area (Å²) in [6, 6.07) is 0. The molecule has 3 saturated heterocycles. The molecule has 3 fully saturated rings. The predicted molar refractivity (Wildman–Crippen MR) is 46.3 cm³/mol. The predicted octanol–water partition coefficient (Wildman–Crippen LogP) is 0.558. The molecule has 3 aliphatic heterocycles. The summed E-state index contributed by atoms with van der Waals surface area (Å²) in [4.78, 5) is 0. The Morgan fingerprint density at radius 1 is 1.00 bits per heavy atom. The molecule has 0 spiro atoms. The SMILES string of the molecule is CC1C2OC3C[C@@H](O)[C@@H](O[C@@H]31)C2C. The average Bonchev–Trinajstić information content (AvgIpc) is 2.25. The summed E-state index contributed by atoms with van der Waals surface area (Å²) in [7, 11) is 0. The number of aliphatic hydroxyl groups is 1. The number of hydrogen-bond donors (Lipinski definition) is 1. The highest BCUT2D eigenvalue weighted by Crippen LogP contribution is 2.47. The van der Waals surface area contributed by atoms with Crippen LogP contribution in [0, 0.1) is 11.8 Å². The van der Waals surface area contributed by atoms with Gasteiger partial charge in [0.2, 0.25) is 0 Å². The smallest absolute Gasteiger partial charge is 0.0893 e. The van der Waals surface area contributed by atoms with Crippen molar-refractivity contribution in [3.63, 3.8) is 0 Å². The summed E-state index contributed by atoms with van der Waals surface area (Å²) in [6.45, 7) is 4.32. The van der Waals surface area contributed by atoms with Gasteiger partial charge in [0.05, 0.1) is 30.5 Å². The Labute approximate surface area is 78.0 Å². The quantitative estimate of drug-likeness (QED) is 0.598. The molecular weight excluding hydrogens is 168 g/mol. The fourth-order valence-corrected chi connectivity index (χ4v) is 3.24. The zero-order valence-corrected chi connectivity index (χ0v) is 8.01. The van der Waals surface area contributed by atoms with E-state index >= 15 is 0 Å². The third-order valence-corrected chi connectivity index (χ3v) is 3.94. The van der Waals surface area contributed by atoms with E-state index in [0.717, 1.165) is 6.42 Å². The maximum absolute atomic E-state index is 9.77. The van der Waals surface area contributed by atoms with Gasteiger partial charge in [-0.3, -0.25) is 0 Å². The van der Waals surface area contributed by atoms with Crippen molar-refractivity contribution >= 4 is 0 Å². The number of hydrogen-bond acceptors (Lipinski definition) is 3. The van der Waals surface area contributed by atoms with Crippen molar-refractivity contribution in [2.75, 3.05) is 0 Å². The number of rotatable bonds is 0. The second-order valence-corrected chi connectivity index (χ2v) is 4.73. The van der Waals surface area contributed by atoms with Gasteiger partial charge < -0.3 is 14.6 Å². The van der Waals surface area contributed by atoms with Crippen LogP contribution in [0.2, 0.25) is 0 Å². The molecular formula is C10H16O3. The first-order valence-electron chi connectivity index (χ1n) is 5.17. The van der Waals surface area contributed by atoms with Gasteiger partial charge >= 0.3 is 0 Å². The third-order valence-electron chi connectivity index (χ3n) is 3.94. The Kier molecular flexibility index (Phi) is 1.56. The topological polar surface area (TPSA) is 38.7 Å². The molecule has 0 aliphatic carbocycles. The van der Waals surface area contributed by atoms with E-state index < -0.39 is 0 Å². The van der Waals surface area contributed by atoms with Crippen LogP contribution in [0.4, 0.5) is 0 Å². The van der Waals surface area contributed by atoms with Gasteiger partial charge in [-0.25, -0.2) is 0 Å². The largest absolute Gasteiger partial charge is 0.390 e. The van der Waals surface area contributed by atoms with Gasteiger partial charge in [0.15, 0.2) is 0 Å². The molecule has 0 amide bonds. The number of ether oxygens (including phenoxy) is 2. The molecule has 3 heteroatoms. The van der Waals surface area contributed by atoms with Crippen LogP contribution in [-0.4, -0.2) is 35.6 Å². The van der Waals surface area contributed by atoms with Crippen molar-refractivity contribution in [1.82, 2.24) is 0 Å². The summed E-state index contributed by atoms with van der Waals surface area (Å²) in [5.41, 5.74) is 0. The third kappa shape index (κ3) is 0.901. The molecule has 74 valence electrons.